The average molecular weight is 316 g/mol. The Hall–Kier alpha value is -1.38. The lowest BCUT2D eigenvalue weighted by atomic mass is 10.0. The van der Waals surface area contributed by atoms with Crippen LogP contribution in [0.3, 0.4) is 0 Å². The number of nitrogens with one attached hydrogen (secondary N) is 1. The molecule has 2 N–H and O–H groups in total. The molecule has 7 nitrogen and oxygen atoms in total. The van der Waals surface area contributed by atoms with Crippen LogP contribution in [0.2, 0.25) is 0 Å². The van der Waals surface area contributed by atoms with Gasteiger partial charge in [0.25, 0.3) is 10.2 Å². The molecule has 2 rings (SSSR count). The Bertz CT molecular complexity index is 623. The minimum absolute atomic E-state index is 0.0517. The van der Waals surface area contributed by atoms with Gasteiger partial charge >= 0.3 is 5.97 Å². The van der Waals surface area contributed by atoms with Crippen LogP contribution in [0.15, 0.2) is 10.5 Å². The molecule has 1 aromatic heterocycles. The molecule has 2 heterocycles. The molecule has 21 heavy (non-hydrogen) atoms. The number of carboxylic acid groups (broad SMARTS) is 1. The molecule has 8 heteroatoms. The minimum Gasteiger partial charge on any atom is -0.478 e. The van der Waals surface area contributed by atoms with Gasteiger partial charge in [0, 0.05) is 13.1 Å². The molecule has 0 amide bonds. The first kappa shape index (κ1) is 16.0. The van der Waals surface area contributed by atoms with Gasteiger partial charge in [0.2, 0.25) is 0 Å². The highest BCUT2D eigenvalue weighted by Crippen LogP contribution is 2.19. The number of aromatic carboxylic acids is 1. The summed E-state index contributed by atoms with van der Waals surface area (Å²) in [6.45, 7) is 4.52. The monoisotopic (exact) mass is 316 g/mol. The fraction of sp³-hybridized carbons (Fsp3) is 0.615. The van der Waals surface area contributed by atoms with Gasteiger partial charge < -0.3 is 9.52 Å². The van der Waals surface area contributed by atoms with Crippen LogP contribution in [-0.4, -0.2) is 36.9 Å². The maximum absolute atomic E-state index is 12.2. The van der Waals surface area contributed by atoms with Crippen LogP contribution in [-0.2, 0) is 16.8 Å². The molecule has 0 aromatic carbocycles. The maximum atomic E-state index is 12.2. The van der Waals surface area contributed by atoms with E-state index >= 15 is 0 Å². The number of carbonyl (C=O) groups is 1. The summed E-state index contributed by atoms with van der Waals surface area (Å²) in [4.78, 5) is 10.9. The van der Waals surface area contributed by atoms with Crippen molar-refractivity contribution < 1.29 is 22.7 Å². The second kappa shape index (κ2) is 6.17. The Balaban J connectivity index is 2.01. The molecule has 1 fully saturated rings. The van der Waals surface area contributed by atoms with Crippen molar-refractivity contribution in [2.45, 2.75) is 33.2 Å². The van der Waals surface area contributed by atoms with E-state index in [9.17, 15) is 13.2 Å². The highest BCUT2D eigenvalue weighted by molar-refractivity contribution is 7.87. The van der Waals surface area contributed by atoms with E-state index in [2.05, 4.69) is 4.72 Å². The van der Waals surface area contributed by atoms with Crippen molar-refractivity contribution in [1.82, 2.24) is 9.03 Å². The van der Waals surface area contributed by atoms with Crippen molar-refractivity contribution >= 4 is 16.2 Å². The zero-order valence-corrected chi connectivity index (χ0v) is 12.9. The lowest BCUT2D eigenvalue weighted by Crippen LogP contribution is -2.45. The molecule has 1 aromatic rings. The summed E-state index contributed by atoms with van der Waals surface area (Å²) in [5, 5.41) is 8.93. The van der Waals surface area contributed by atoms with E-state index in [0.29, 0.717) is 24.8 Å². The standard InChI is InChI=1S/C13H20N2O5S/c1-9-4-3-5-15(8-9)21(18,19)14-7-11-6-12(13(16)17)10(2)20-11/h6,9,14H,3-5,7-8H2,1-2H3,(H,16,17). The Morgan fingerprint density at radius 3 is 2.86 bits per heavy atom. The quantitative estimate of drug-likeness (QED) is 0.854. The van der Waals surface area contributed by atoms with Gasteiger partial charge in [0.05, 0.1) is 6.54 Å². The lowest BCUT2D eigenvalue weighted by molar-refractivity contribution is 0.0695. The molecule has 118 valence electrons. The molecule has 1 aliphatic heterocycles. The predicted octanol–water partition coefficient (Wildman–Crippen LogP) is 1.35. The molecule has 1 unspecified atom stereocenters. The largest absolute Gasteiger partial charge is 0.478 e. The highest BCUT2D eigenvalue weighted by Gasteiger charge is 2.27. The summed E-state index contributed by atoms with van der Waals surface area (Å²) in [6.07, 6.45) is 1.89. The third kappa shape index (κ3) is 3.84. The Morgan fingerprint density at radius 2 is 2.29 bits per heavy atom. The summed E-state index contributed by atoms with van der Waals surface area (Å²) in [5.41, 5.74) is 0.0517. The van der Waals surface area contributed by atoms with Crippen LogP contribution in [0.5, 0.6) is 0 Å². The van der Waals surface area contributed by atoms with Crippen LogP contribution in [0.1, 0.15) is 41.6 Å². The number of nitrogens with zero attached hydrogens (tertiary/aromatic N) is 1. The van der Waals surface area contributed by atoms with E-state index in [1.807, 2.05) is 6.92 Å². The van der Waals surface area contributed by atoms with Gasteiger partial charge in [-0.25, -0.2) is 4.79 Å². The molecule has 0 aliphatic carbocycles. The third-order valence-electron chi connectivity index (χ3n) is 3.59. The topological polar surface area (TPSA) is 99.9 Å². The summed E-state index contributed by atoms with van der Waals surface area (Å²) in [7, 11) is -3.56. The smallest absolute Gasteiger partial charge is 0.339 e. The minimum atomic E-state index is -3.56. The highest BCUT2D eigenvalue weighted by atomic mass is 32.2. The first-order valence-corrected chi connectivity index (χ1v) is 8.31. The summed E-state index contributed by atoms with van der Waals surface area (Å²) < 4.78 is 33.5. The number of rotatable bonds is 5. The predicted molar refractivity (Wildman–Crippen MR) is 76.1 cm³/mol. The second-order valence-corrected chi connectivity index (χ2v) is 7.17. The fourth-order valence-corrected chi connectivity index (χ4v) is 3.79. The summed E-state index contributed by atoms with van der Waals surface area (Å²) >= 11 is 0. The van der Waals surface area contributed by atoms with E-state index < -0.39 is 16.2 Å². The average Bonchev–Trinajstić information content (AvgIpc) is 2.78. The van der Waals surface area contributed by atoms with Gasteiger partial charge in [-0.15, -0.1) is 0 Å². The number of hydrogen-bond acceptors (Lipinski definition) is 4. The third-order valence-corrected chi connectivity index (χ3v) is 5.11. The van der Waals surface area contributed by atoms with Crippen LogP contribution in [0, 0.1) is 12.8 Å². The molecule has 0 radical (unpaired) electrons. The first-order chi connectivity index (χ1) is 9.79. The molecular weight excluding hydrogens is 296 g/mol. The van der Waals surface area contributed by atoms with Crippen molar-refractivity contribution in [3.63, 3.8) is 0 Å². The molecule has 0 spiro atoms. The first-order valence-electron chi connectivity index (χ1n) is 6.87. The van der Waals surface area contributed by atoms with E-state index in [0.717, 1.165) is 12.8 Å². The van der Waals surface area contributed by atoms with Crippen molar-refractivity contribution in [2.75, 3.05) is 13.1 Å². The molecule has 1 saturated heterocycles. The fourth-order valence-electron chi connectivity index (χ4n) is 2.46. The lowest BCUT2D eigenvalue weighted by Gasteiger charge is -2.29. The van der Waals surface area contributed by atoms with Crippen LogP contribution < -0.4 is 4.72 Å². The van der Waals surface area contributed by atoms with Gasteiger partial charge in [-0.1, -0.05) is 6.92 Å². The molecule has 1 aliphatic rings. The van der Waals surface area contributed by atoms with E-state index in [1.54, 1.807) is 0 Å². The van der Waals surface area contributed by atoms with E-state index in [-0.39, 0.29) is 17.9 Å². The number of furan rings is 1. The molecular formula is C13H20N2O5S. The van der Waals surface area contributed by atoms with Crippen LogP contribution in [0.4, 0.5) is 0 Å². The van der Waals surface area contributed by atoms with Gasteiger partial charge in [-0.2, -0.15) is 17.4 Å². The van der Waals surface area contributed by atoms with E-state index in [4.69, 9.17) is 9.52 Å². The van der Waals surface area contributed by atoms with E-state index in [1.165, 1.54) is 17.3 Å². The molecule has 0 saturated carbocycles. The second-order valence-electron chi connectivity index (χ2n) is 5.42. The van der Waals surface area contributed by atoms with Crippen molar-refractivity contribution in [1.29, 1.82) is 0 Å². The maximum Gasteiger partial charge on any atom is 0.339 e. The normalized spacial score (nSPS) is 20.6. The number of aryl methyl sites for hydroxylation is 1. The van der Waals surface area contributed by atoms with Crippen LogP contribution >= 0.6 is 0 Å². The zero-order chi connectivity index (χ0) is 15.6. The Morgan fingerprint density at radius 1 is 1.57 bits per heavy atom. The van der Waals surface area contributed by atoms with Crippen molar-refractivity contribution in [2.24, 2.45) is 5.92 Å². The van der Waals surface area contributed by atoms with Gasteiger partial charge in [-0.05, 0) is 31.7 Å². The summed E-state index contributed by atoms with van der Waals surface area (Å²) in [5.74, 6) is -0.183. The van der Waals surface area contributed by atoms with Gasteiger partial charge in [0.15, 0.2) is 0 Å². The molecule has 1 atom stereocenters. The zero-order valence-electron chi connectivity index (χ0n) is 12.1. The number of piperidine rings is 1. The number of hydrogen-bond donors (Lipinski definition) is 2. The SMILES string of the molecule is Cc1oc(CNS(=O)(=O)N2CCCC(C)C2)cc1C(=O)O. The van der Waals surface area contributed by atoms with Crippen molar-refractivity contribution in [3.05, 3.63) is 23.2 Å². The molecule has 0 bridgehead atoms. The summed E-state index contributed by atoms with van der Waals surface area (Å²) in [6, 6.07) is 1.35. The Kier molecular flexibility index (Phi) is 4.70. The number of carboxylic acids is 1. The Labute approximate surface area is 124 Å². The van der Waals surface area contributed by atoms with Gasteiger partial charge in [-0.3, -0.25) is 0 Å². The van der Waals surface area contributed by atoms with Crippen LogP contribution in [0.25, 0.3) is 0 Å². The van der Waals surface area contributed by atoms with Crippen molar-refractivity contribution in [3.8, 4) is 0 Å². The van der Waals surface area contributed by atoms with Gasteiger partial charge in [0.1, 0.15) is 17.1 Å².